The molecule has 0 bridgehead atoms. The molecule has 1 nitrogen and oxygen atoms in total. The maximum atomic E-state index is 7.25. The SMILES string of the molecule is CC1(C)c2ccccc2-c2cc(N(c3cc(Cl)cc(-c4cc5c(c6ccccc46)C(C)(C)c4cc6ccccc6cc4-5)c3)c3ccc4ccccc4c3)ccc21. The largest absolute Gasteiger partial charge is 0.310 e. The molecule has 0 unspecified atom stereocenters. The number of benzene rings is 9. The maximum Gasteiger partial charge on any atom is 0.0482 e. The van der Waals surface area contributed by atoms with Crippen LogP contribution in [-0.4, -0.2) is 0 Å². The number of hydrogen-bond acceptors (Lipinski definition) is 1. The number of hydrogen-bond donors (Lipinski definition) is 0. The highest BCUT2D eigenvalue weighted by Gasteiger charge is 2.38. The molecule has 2 heteroatoms. The Morgan fingerprint density at radius 1 is 0.375 bits per heavy atom. The molecule has 268 valence electrons. The molecule has 0 N–H and O–H groups in total. The van der Waals surface area contributed by atoms with Crippen LogP contribution in [0.15, 0.2) is 170 Å². The summed E-state index contributed by atoms with van der Waals surface area (Å²) in [4.78, 5) is 2.39. The number of rotatable bonds is 4. The van der Waals surface area contributed by atoms with E-state index in [-0.39, 0.29) is 10.8 Å². The summed E-state index contributed by atoms with van der Waals surface area (Å²) in [6.07, 6.45) is 0. The van der Waals surface area contributed by atoms with E-state index in [9.17, 15) is 0 Å². The molecule has 9 aromatic carbocycles. The van der Waals surface area contributed by atoms with Gasteiger partial charge in [0.1, 0.15) is 0 Å². The third-order valence-electron chi connectivity index (χ3n) is 12.8. The number of anilines is 3. The zero-order chi connectivity index (χ0) is 37.9. The van der Waals surface area contributed by atoms with Gasteiger partial charge in [-0.05, 0) is 149 Å². The zero-order valence-electron chi connectivity index (χ0n) is 32.0. The molecule has 0 spiro atoms. The molecule has 2 aliphatic carbocycles. The van der Waals surface area contributed by atoms with Gasteiger partial charge >= 0.3 is 0 Å². The lowest BCUT2D eigenvalue weighted by Gasteiger charge is -2.28. The van der Waals surface area contributed by atoms with Crippen LogP contribution in [0.3, 0.4) is 0 Å². The number of nitrogens with zero attached hydrogens (tertiary/aromatic N) is 1. The Balaban J connectivity index is 1.15. The van der Waals surface area contributed by atoms with Gasteiger partial charge in [-0.15, -0.1) is 0 Å². The highest BCUT2D eigenvalue weighted by molar-refractivity contribution is 6.31. The van der Waals surface area contributed by atoms with Crippen molar-refractivity contribution in [3.05, 3.63) is 197 Å². The van der Waals surface area contributed by atoms with Crippen molar-refractivity contribution in [2.75, 3.05) is 4.90 Å². The lowest BCUT2D eigenvalue weighted by atomic mass is 9.79. The molecule has 2 aliphatic rings. The van der Waals surface area contributed by atoms with E-state index in [1.54, 1.807) is 0 Å². The minimum absolute atomic E-state index is 0.0739. The molecule has 9 aromatic rings. The molecule has 0 heterocycles. The van der Waals surface area contributed by atoms with Crippen LogP contribution in [0.5, 0.6) is 0 Å². The molecular weight excluding hydrogens is 698 g/mol. The van der Waals surface area contributed by atoms with Crippen LogP contribution in [0, 0.1) is 0 Å². The first-order valence-corrected chi connectivity index (χ1v) is 20.0. The van der Waals surface area contributed by atoms with Crippen molar-refractivity contribution in [3.63, 3.8) is 0 Å². The van der Waals surface area contributed by atoms with Crippen LogP contribution in [0.2, 0.25) is 5.02 Å². The average Bonchev–Trinajstić information content (AvgIpc) is 3.58. The van der Waals surface area contributed by atoms with Crippen molar-refractivity contribution >= 4 is 61.0 Å². The van der Waals surface area contributed by atoms with Gasteiger partial charge in [-0.25, -0.2) is 0 Å². The van der Waals surface area contributed by atoms with E-state index < -0.39 is 0 Å². The second kappa shape index (κ2) is 11.9. The highest BCUT2D eigenvalue weighted by atomic mass is 35.5. The van der Waals surface area contributed by atoms with E-state index in [1.807, 2.05) is 0 Å². The van der Waals surface area contributed by atoms with Crippen molar-refractivity contribution in [3.8, 4) is 33.4 Å². The summed E-state index contributed by atoms with van der Waals surface area (Å²) in [5.41, 5.74) is 16.0. The first-order chi connectivity index (χ1) is 27.2. The first kappa shape index (κ1) is 33.2. The summed E-state index contributed by atoms with van der Waals surface area (Å²) >= 11 is 7.25. The number of halogens is 1. The molecule has 56 heavy (non-hydrogen) atoms. The van der Waals surface area contributed by atoms with Crippen LogP contribution >= 0.6 is 11.6 Å². The van der Waals surface area contributed by atoms with Gasteiger partial charge in [-0.3, -0.25) is 0 Å². The summed E-state index contributed by atoms with van der Waals surface area (Å²) in [5.74, 6) is 0. The fourth-order valence-corrected chi connectivity index (χ4v) is 10.3. The van der Waals surface area contributed by atoms with Gasteiger partial charge in [-0.1, -0.05) is 148 Å². The van der Waals surface area contributed by atoms with Gasteiger partial charge in [0.05, 0.1) is 0 Å². The molecule has 0 aromatic heterocycles. The normalized spacial score (nSPS) is 14.4. The van der Waals surface area contributed by atoms with E-state index in [4.69, 9.17) is 11.6 Å². The topological polar surface area (TPSA) is 3.24 Å². The van der Waals surface area contributed by atoms with Gasteiger partial charge in [0.25, 0.3) is 0 Å². The summed E-state index contributed by atoms with van der Waals surface area (Å²) in [6.45, 7) is 9.44. The average molecular weight is 738 g/mol. The van der Waals surface area contributed by atoms with E-state index in [0.29, 0.717) is 5.02 Å². The summed E-state index contributed by atoms with van der Waals surface area (Å²) in [5, 5.41) is 8.19. The molecule has 0 radical (unpaired) electrons. The molecule has 0 fully saturated rings. The zero-order valence-corrected chi connectivity index (χ0v) is 32.7. The van der Waals surface area contributed by atoms with Crippen molar-refractivity contribution in [1.29, 1.82) is 0 Å². The Bertz CT molecular complexity index is 3110. The first-order valence-electron chi connectivity index (χ1n) is 19.6. The van der Waals surface area contributed by atoms with Crippen molar-refractivity contribution in [1.82, 2.24) is 0 Å². The predicted octanol–water partition coefficient (Wildman–Crippen LogP) is 15.5. The predicted molar refractivity (Wildman–Crippen MR) is 239 cm³/mol. The van der Waals surface area contributed by atoms with Crippen molar-refractivity contribution in [2.24, 2.45) is 0 Å². The van der Waals surface area contributed by atoms with Crippen LogP contribution in [0.1, 0.15) is 49.9 Å². The molecule has 0 aliphatic heterocycles. The summed E-state index contributed by atoms with van der Waals surface area (Å²) in [6, 6.07) is 62.7. The third-order valence-corrected chi connectivity index (χ3v) is 13.0. The Labute approximate surface area is 333 Å². The second-order valence-electron chi connectivity index (χ2n) is 16.7. The Kier molecular flexibility index (Phi) is 7.07. The Morgan fingerprint density at radius 2 is 0.982 bits per heavy atom. The molecule has 0 amide bonds. The van der Waals surface area contributed by atoms with E-state index in [1.165, 1.54) is 82.4 Å². The van der Waals surface area contributed by atoms with Gasteiger partial charge in [0.15, 0.2) is 0 Å². The van der Waals surface area contributed by atoms with E-state index in [0.717, 1.165) is 22.6 Å². The molecule has 0 saturated carbocycles. The minimum atomic E-state index is -0.153. The quantitative estimate of drug-likeness (QED) is 0.174. The smallest absolute Gasteiger partial charge is 0.0482 e. The Morgan fingerprint density at radius 3 is 1.79 bits per heavy atom. The maximum absolute atomic E-state index is 7.25. The van der Waals surface area contributed by atoms with E-state index in [2.05, 4.69) is 202 Å². The minimum Gasteiger partial charge on any atom is -0.310 e. The van der Waals surface area contributed by atoms with Crippen LogP contribution in [-0.2, 0) is 10.8 Å². The monoisotopic (exact) mass is 737 g/mol. The van der Waals surface area contributed by atoms with E-state index >= 15 is 0 Å². The second-order valence-corrected chi connectivity index (χ2v) is 17.2. The molecule has 11 rings (SSSR count). The third kappa shape index (κ3) is 4.80. The Hall–Kier alpha value is -6.15. The summed E-state index contributed by atoms with van der Waals surface area (Å²) in [7, 11) is 0. The van der Waals surface area contributed by atoms with Crippen LogP contribution < -0.4 is 4.90 Å². The fourth-order valence-electron chi connectivity index (χ4n) is 10.1. The lowest BCUT2D eigenvalue weighted by molar-refractivity contribution is 0.660. The van der Waals surface area contributed by atoms with Crippen LogP contribution in [0.25, 0.3) is 65.7 Å². The van der Waals surface area contributed by atoms with Crippen molar-refractivity contribution < 1.29 is 0 Å². The molecular formula is C54H40ClN. The standard InChI is InChI=1S/C54H40ClN/c1-53(2)49-20-12-11-18-43(49)47-31-40(23-24-50(47)53)56(39-22-21-33-13-5-6-14-34(33)26-39)41-27-37(25-38(55)30-41)45-32-48-46-28-35-15-7-8-16-36(35)29-51(46)54(3,4)52(48)44-19-10-9-17-42(44)45/h5-32H,1-4H3. The lowest BCUT2D eigenvalue weighted by Crippen LogP contribution is -2.15. The van der Waals surface area contributed by atoms with Gasteiger partial charge in [0, 0.05) is 32.9 Å². The fraction of sp³-hybridized carbons (Fsp3) is 0.111. The van der Waals surface area contributed by atoms with Crippen LogP contribution in [0.4, 0.5) is 17.1 Å². The van der Waals surface area contributed by atoms with Gasteiger partial charge in [-0.2, -0.15) is 0 Å². The molecule has 0 atom stereocenters. The van der Waals surface area contributed by atoms with Crippen molar-refractivity contribution in [2.45, 2.75) is 38.5 Å². The van der Waals surface area contributed by atoms with Gasteiger partial charge in [0.2, 0.25) is 0 Å². The summed E-state index contributed by atoms with van der Waals surface area (Å²) < 4.78 is 0. The van der Waals surface area contributed by atoms with Gasteiger partial charge < -0.3 is 4.90 Å². The number of fused-ring (bicyclic) bond motifs is 10. The highest BCUT2D eigenvalue weighted by Crippen LogP contribution is 2.55. The molecule has 0 saturated heterocycles.